The van der Waals surface area contributed by atoms with Gasteiger partial charge in [-0.3, -0.25) is 4.98 Å². The van der Waals surface area contributed by atoms with E-state index in [4.69, 9.17) is 0 Å². The minimum Gasteiger partial charge on any atom is -0.368 e. The van der Waals surface area contributed by atoms with Gasteiger partial charge in [-0.15, -0.1) is 0 Å². The van der Waals surface area contributed by atoms with Crippen molar-refractivity contribution in [2.75, 3.05) is 11.4 Å². The topological polar surface area (TPSA) is 28.2 Å². The molecule has 1 unspecified atom stereocenters. The number of piperidine rings is 1. The Kier molecular flexibility index (Phi) is 5.03. The summed E-state index contributed by atoms with van der Waals surface area (Å²) in [7, 11) is 0. The van der Waals surface area contributed by atoms with Crippen molar-refractivity contribution in [2.24, 2.45) is 0 Å². The van der Waals surface area contributed by atoms with Crippen LogP contribution in [-0.4, -0.2) is 23.1 Å². The summed E-state index contributed by atoms with van der Waals surface area (Å²) in [5.74, 6) is 0. The maximum Gasteiger partial charge on any atom is 0.0445 e. The first-order chi connectivity index (χ1) is 9.51. The average Bonchev–Trinajstić information content (AvgIpc) is 2.44. The third-order valence-electron chi connectivity index (χ3n) is 4.09. The first-order valence-corrected chi connectivity index (χ1v) is 7.96. The van der Waals surface area contributed by atoms with Crippen molar-refractivity contribution in [3.05, 3.63) is 24.0 Å². The van der Waals surface area contributed by atoms with Crippen LogP contribution in [0.5, 0.6) is 0 Å². The van der Waals surface area contributed by atoms with Gasteiger partial charge >= 0.3 is 0 Å². The average molecular weight is 275 g/mol. The Labute approximate surface area is 123 Å². The van der Waals surface area contributed by atoms with Crippen LogP contribution in [0.2, 0.25) is 0 Å². The van der Waals surface area contributed by atoms with Crippen molar-refractivity contribution < 1.29 is 0 Å². The Balaban J connectivity index is 2.18. The molecule has 0 aromatic carbocycles. The zero-order valence-corrected chi connectivity index (χ0v) is 13.4. The van der Waals surface area contributed by atoms with E-state index in [1.165, 1.54) is 43.5 Å². The number of hydrogen-bond donors (Lipinski definition) is 1. The van der Waals surface area contributed by atoms with Crippen molar-refractivity contribution in [2.45, 2.75) is 71.5 Å². The molecule has 0 spiro atoms. The van der Waals surface area contributed by atoms with Crippen LogP contribution < -0.4 is 10.2 Å². The van der Waals surface area contributed by atoms with Gasteiger partial charge in [0.15, 0.2) is 0 Å². The molecule has 1 fully saturated rings. The molecular formula is C17H29N3. The molecule has 2 rings (SSSR count). The standard InChI is InChI=1S/C17H29N3/c1-5-15-8-6-7-11-20(15)16-9-10-18-12-14(16)13-19-17(2,3)4/h9-10,12,15,19H,5-8,11,13H2,1-4H3. The molecule has 3 heteroatoms. The molecule has 1 aromatic heterocycles. The molecule has 1 aromatic rings. The van der Waals surface area contributed by atoms with Crippen LogP contribution in [0, 0.1) is 0 Å². The molecule has 0 bridgehead atoms. The van der Waals surface area contributed by atoms with Crippen molar-refractivity contribution in [3.63, 3.8) is 0 Å². The van der Waals surface area contributed by atoms with E-state index in [-0.39, 0.29) is 5.54 Å². The molecule has 0 amide bonds. The highest BCUT2D eigenvalue weighted by molar-refractivity contribution is 5.53. The molecule has 1 N–H and O–H groups in total. The molecule has 20 heavy (non-hydrogen) atoms. The van der Waals surface area contributed by atoms with E-state index in [2.05, 4.69) is 49.0 Å². The van der Waals surface area contributed by atoms with Crippen molar-refractivity contribution in [1.29, 1.82) is 0 Å². The molecule has 1 saturated heterocycles. The normalized spacial score (nSPS) is 20.2. The highest BCUT2D eigenvalue weighted by Crippen LogP contribution is 2.29. The Morgan fingerprint density at radius 2 is 2.15 bits per heavy atom. The molecule has 1 aliphatic rings. The molecule has 112 valence electrons. The lowest BCUT2D eigenvalue weighted by molar-refractivity contribution is 0.420. The fourth-order valence-electron chi connectivity index (χ4n) is 2.94. The van der Waals surface area contributed by atoms with E-state index in [1.807, 2.05) is 12.4 Å². The Morgan fingerprint density at radius 1 is 1.35 bits per heavy atom. The van der Waals surface area contributed by atoms with Crippen LogP contribution >= 0.6 is 0 Å². The molecule has 1 atom stereocenters. The third kappa shape index (κ3) is 3.95. The van der Waals surface area contributed by atoms with Gasteiger partial charge < -0.3 is 10.2 Å². The number of pyridine rings is 1. The molecule has 0 saturated carbocycles. The summed E-state index contributed by atoms with van der Waals surface area (Å²) in [5.41, 5.74) is 2.84. The van der Waals surface area contributed by atoms with Crippen LogP contribution in [-0.2, 0) is 6.54 Å². The van der Waals surface area contributed by atoms with Gasteiger partial charge in [-0.05, 0) is 52.5 Å². The van der Waals surface area contributed by atoms with Crippen molar-refractivity contribution in [1.82, 2.24) is 10.3 Å². The Hall–Kier alpha value is -1.09. The summed E-state index contributed by atoms with van der Waals surface area (Å²) in [4.78, 5) is 6.93. The van der Waals surface area contributed by atoms with Gasteiger partial charge in [-0.2, -0.15) is 0 Å². The maximum absolute atomic E-state index is 4.33. The van der Waals surface area contributed by atoms with Crippen LogP contribution in [0.3, 0.4) is 0 Å². The van der Waals surface area contributed by atoms with Crippen LogP contribution in [0.25, 0.3) is 0 Å². The lowest BCUT2D eigenvalue weighted by atomic mass is 9.98. The fourth-order valence-corrected chi connectivity index (χ4v) is 2.94. The fraction of sp³-hybridized carbons (Fsp3) is 0.706. The SMILES string of the molecule is CCC1CCCCN1c1ccncc1CNC(C)(C)C. The minimum absolute atomic E-state index is 0.138. The smallest absolute Gasteiger partial charge is 0.0445 e. The van der Waals surface area contributed by atoms with Gasteiger partial charge in [0.1, 0.15) is 0 Å². The molecule has 3 nitrogen and oxygen atoms in total. The molecule has 1 aliphatic heterocycles. The number of anilines is 1. The van der Waals surface area contributed by atoms with Gasteiger partial charge in [-0.25, -0.2) is 0 Å². The van der Waals surface area contributed by atoms with Crippen LogP contribution in [0.4, 0.5) is 5.69 Å². The molecule has 0 radical (unpaired) electrons. The predicted octanol–water partition coefficient (Wildman–Crippen LogP) is 3.74. The number of rotatable bonds is 4. The van der Waals surface area contributed by atoms with Crippen molar-refractivity contribution >= 4 is 5.69 Å². The number of nitrogens with zero attached hydrogens (tertiary/aromatic N) is 2. The van der Waals surface area contributed by atoms with Gasteiger partial charge in [0.2, 0.25) is 0 Å². The number of hydrogen-bond acceptors (Lipinski definition) is 3. The summed E-state index contributed by atoms with van der Waals surface area (Å²) in [6.45, 7) is 11.0. The maximum atomic E-state index is 4.33. The van der Waals surface area contributed by atoms with E-state index >= 15 is 0 Å². The Morgan fingerprint density at radius 3 is 2.85 bits per heavy atom. The lowest BCUT2D eigenvalue weighted by Gasteiger charge is -2.38. The van der Waals surface area contributed by atoms with E-state index in [0.29, 0.717) is 6.04 Å². The third-order valence-corrected chi connectivity index (χ3v) is 4.09. The van der Waals surface area contributed by atoms with Gasteiger partial charge in [0, 0.05) is 48.3 Å². The molecule has 2 heterocycles. The first-order valence-electron chi connectivity index (χ1n) is 7.96. The van der Waals surface area contributed by atoms with Gasteiger partial charge in [-0.1, -0.05) is 6.92 Å². The van der Waals surface area contributed by atoms with E-state index in [9.17, 15) is 0 Å². The molecule has 0 aliphatic carbocycles. The summed E-state index contributed by atoms with van der Waals surface area (Å²) >= 11 is 0. The molecular weight excluding hydrogens is 246 g/mol. The first kappa shape index (κ1) is 15.3. The van der Waals surface area contributed by atoms with E-state index < -0.39 is 0 Å². The van der Waals surface area contributed by atoms with Crippen LogP contribution in [0.1, 0.15) is 58.9 Å². The predicted molar refractivity (Wildman–Crippen MR) is 86.1 cm³/mol. The minimum atomic E-state index is 0.138. The summed E-state index contributed by atoms with van der Waals surface area (Å²) in [5, 5.41) is 3.58. The number of aromatic nitrogens is 1. The monoisotopic (exact) mass is 275 g/mol. The largest absolute Gasteiger partial charge is 0.368 e. The summed E-state index contributed by atoms with van der Waals surface area (Å²) in [6, 6.07) is 2.88. The highest BCUT2D eigenvalue weighted by atomic mass is 15.2. The van der Waals surface area contributed by atoms with E-state index in [1.54, 1.807) is 0 Å². The summed E-state index contributed by atoms with van der Waals surface area (Å²) in [6.07, 6.45) is 9.19. The Bertz CT molecular complexity index is 422. The second kappa shape index (κ2) is 6.57. The highest BCUT2D eigenvalue weighted by Gasteiger charge is 2.23. The van der Waals surface area contributed by atoms with Gasteiger partial charge in [0.25, 0.3) is 0 Å². The van der Waals surface area contributed by atoms with E-state index in [0.717, 1.165) is 6.54 Å². The quantitative estimate of drug-likeness (QED) is 0.907. The van der Waals surface area contributed by atoms with Gasteiger partial charge in [0.05, 0.1) is 0 Å². The summed E-state index contributed by atoms with van der Waals surface area (Å²) < 4.78 is 0. The second-order valence-electron chi connectivity index (χ2n) is 6.86. The zero-order chi connectivity index (χ0) is 14.6. The zero-order valence-electron chi connectivity index (χ0n) is 13.4. The number of nitrogens with one attached hydrogen (secondary N) is 1. The van der Waals surface area contributed by atoms with Crippen LogP contribution in [0.15, 0.2) is 18.5 Å². The second-order valence-corrected chi connectivity index (χ2v) is 6.86. The lowest BCUT2D eigenvalue weighted by Crippen LogP contribution is -2.40. The van der Waals surface area contributed by atoms with Crippen molar-refractivity contribution in [3.8, 4) is 0 Å².